The van der Waals surface area contributed by atoms with Gasteiger partial charge < -0.3 is 9.88 Å². The van der Waals surface area contributed by atoms with E-state index in [0.717, 1.165) is 23.1 Å². The van der Waals surface area contributed by atoms with Gasteiger partial charge in [-0.15, -0.1) is 0 Å². The lowest BCUT2D eigenvalue weighted by atomic mass is 9.98. The third-order valence-corrected chi connectivity index (χ3v) is 6.62. The predicted octanol–water partition coefficient (Wildman–Crippen LogP) is 6.58. The van der Waals surface area contributed by atoms with Crippen molar-refractivity contribution in [1.29, 1.82) is 0 Å². The first-order chi connectivity index (χ1) is 14.7. The SMILES string of the molecule is C=CNC(=S)c1c(-c2ccc(Br)cc2)c2c3n(c(-c4ccccc4)cn13)CCCC2. The van der Waals surface area contributed by atoms with E-state index in [1.807, 2.05) is 0 Å². The molecule has 2 aromatic carbocycles. The van der Waals surface area contributed by atoms with Crippen LogP contribution in [0.4, 0.5) is 0 Å². The second-order valence-electron chi connectivity index (χ2n) is 7.57. The Bertz CT molecular complexity index is 1250. The number of thiocarbonyl (C=S) groups is 1. The van der Waals surface area contributed by atoms with Crippen LogP contribution in [0.15, 0.2) is 78.0 Å². The highest BCUT2D eigenvalue weighted by molar-refractivity contribution is 9.10. The number of nitrogens with one attached hydrogen (secondary N) is 1. The Morgan fingerprint density at radius 3 is 2.53 bits per heavy atom. The molecule has 3 heterocycles. The Morgan fingerprint density at radius 1 is 1.03 bits per heavy atom. The summed E-state index contributed by atoms with van der Waals surface area (Å²) in [6.07, 6.45) is 7.29. The van der Waals surface area contributed by atoms with Gasteiger partial charge in [-0.1, -0.05) is 77.2 Å². The Kier molecular flexibility index (Phi) is 5.09. The Balaban J connectivity index is 1.85. The molecule has 0 fully saturated rings. The molecule has 1 N–H and O–H groups in total. The van der Waals surface area contributed by atoms with Crippen molar-refractivity contribution in [3.05, 3.63) is 89.3 Å². The molecule has 0 aliphatic carbocycles. The molecule has 1 aliphatic rings. The van der Waals surface area contributed by atoms with E-state index in [2.05, 4.69) is 97.6 Å². The zero-order valence-corrected chi connectivity index (χ0v) is 19.0. The fourth-order valence-corrected chi connectivity index (χ4v) is 5.08. The number of rotatable bonds is 4. The van der Waals surface area contributed by atoms with Crippen molar-refractivity contribution < 1.29 is 0 Å². The molecule has 0 spiro atoms. The van der Waals surface area contributed by atoms with Crippen LogP contribution >= 0.6 is 28.1 Å². The van der Waals surface area contributed by atoms with E-state index < -0.39 is 0 Å². The second-order valence-corrected chi connectivity index (χ2v) is 8.89. The normalized spacial score (nSPS) is 13.2. The van der Waals surface area contributed by atoms with E-state index in [-0.39, 0.29) is 0 Å². The number of hydrogen-bond donors (Lipinski definition) is 1. The van der Waals surface area contributed by atoms with Crippen molar-refractivity contribution in [3.8, 4) is 22.4 Å². The maximum Gasteiger partial charge on any atom is 0.128 e. The molecule has 0 radical (unpaired) electrons. The summed E-state index contributed by atoms with van der Waals surface area (Å²) in [7, 11) is 0. The molecular formula is C25H22BrN3S. The predicted molar refractivity (Wildman–Crippen MR) is 132 cm³/mol. The Morgan fingerprint density at radius 2 is 1.80 bits per heavy atom. The van der Waals surface area contributed by atoms with Gasteiger partial charge in [0.2, 0.25) is 0 Å². The summed E-state index contributed by atoms with van der Waals surface area (Å²) >= 11 is 9.39. The molecule has 2 aromatic heterocycles. The quantitative estimate of drug-likeness (QED) is 0.336. The number of hydrogen-bond acceptors (Lipinski definition) is 1. The van der Waals surface area contributed by atoms with Crippen LogP contribution in [0.5, 0.6) is 0 Å². The number of aryl methyl sites for hydroxylation is 2. The van der Waals surface area contributed by atoms with E-state index >= 15 is 0 Å². The average molecular weight is 476 g/mol. The molecule has 0 atom stereocenters. The Hall–Kier alpha value is -2.63. The molecule has 0 saturated heterocycles. The highest BCUT2D eigenvalue weighted by Gasteiger charge is 2.27. The number of benzene rings is 2. The molecule has 5 rings (SSSR count). The number of nitrogens with zero attached hydrogens (tertiary/aromatic N) is 2. The van der Waals surface area contributed by atoms with Crippen molar-refractivity contribution in [2.24, 2.45) is 0 Å². The topological polar surface area (TPSA) is 21.4 Å². The average Bonchev–Trinajstić information content (AvgIpc) is 3.18. The van der Waals surface area contributed by atoms with Crippen molar-refractivity contribution in [1.82, 2.24) is 14.3 Å². The van der Waals surface area contributed by atoms with Gasteiger partial charge in [-0.2, -0.15) is 0 Å². The summed E-state index contributed by atoms with van der Waals surface area (Å²) in [5, 5.41) is 3.17. The maximum atomic E-state index is 5.82. The van der Waals surface area contributed by atoms with Gasteiger partial charge in [-0.3, -0.25) is 4.40 Å². The number of imidazole rings is 1. The molecule has 4 aromatic rings. The van der Waals surface area contributed by atoms with Gasteiger partial charge in [0.1, 0.15) is 10.6 Å². The monoisotopic (exact) mass is 475 g/mol. The van der Waals surface area contributed by atoms with Gasteiger partial charge in [-0.05, 0) is 48.7 Å². The van der Waals surface area contributed by atoms with Crippen molar-refractivity contribution in [3.63, 3.8) is 0 Å². The third kappa shape index (κ3) is 3.13. The van der Waals surface area contributed by atoms with Gasteiger partial charge in [0.25, 0.3) is 0 Å². The first kappa shape index (κ1) is 19.3. The third-order valence-electron chi connectivity index (χ3n) is 5.78. The summed E-state index contributed by atoms with van der Waals surface area (Å²) in [5.41, 5.74) is 8.55. The first-order valence-electron chi connectivity index (χ1n) is 10.2. The van der Waals surface area contributed by atoms with Gasteiger partial charge >= 0.3 is 0 Å². The molecule has 5 heteroatoms. The molecule has 0 amide bonds. The van der Waals surface area contributed by atoms with Crippen LogP contribution in [-0.2, 0) is 13.0 Å². The lowest BCUT2D eigenvalue weighted by Crippen LogP contribution is -2.18. The largest absolute Gasteiger partial charge is 0.352 e. The van der Waals surface area contributed by atoms with Gasteiger partial charge in [-0.25, -0.2) is 0 Å². The zero-order valence-electron chi connectivity index (χ0n) is 16.6. The minimum Gasteiger partial charge on any atom is -0.352 e. The lowest BCUT2D eigenvalue weighted by Gasteiger charge is -2.10. The van der Waals surface area contributed by atoms with Crippen molar-refractivity contribution in [2.75, 3.05) is 0 Å². The molecule has 0 saturated carbocycles. The summed E-state index contributed by atoms with van der Waals surface area (Å²) in [6.45, 7) is 4.84. The van der Waals surface area contributed by atoms with Crippen LogP contribution in [0.2, 0.25) is 0 Å². The summed E-state index contributed by atoms with van der Waals surface area (Å²) in [5.74, 6) is 0. The van der Waals surface area contributed by atoms with E-state index in [4.69, 9.17) is 12.2 Å². The van der Waals surface area contributed by atoms with E-state index in [0.29, 0.717) is 4.99 Å². The zero-order chi connectivity index (χ0) is 20.7. The molecule has 150 valence electrons. The van der Waals surface area contributed by atoms with E-state index in [1.54, 1.807) is 6.20 Å². The first-order valence-corrected chi connectivity index (χ1v) is 11.4. The smallest absolute Gasteiger partial charge is 0.128 e. The van der Waals surface area contributed by atoms with Gasteiger partial charge in [0.15, 0.2) is 0 Å². The minimum absolute atomic E-state index is 0.696. The maximum absolute atomic E-state index is 5.82. The summed E-state index contributed by atoms with van der Waals surface area (Å²) in [4.78, 5) is 0.696. The minimum atomic E-state index is 0.696. The standard InChI is InChI=1S/C25H22BrN3S/c1-2-27-24(30)23-22(18-11-13-19(26)14-12-18)20-10-6-7-15-28-21(16-29(23)25(20)28)17-8-4-3-5-9-17/h2-5,8-9,11-14,16H,1,6-7,10,15H2,(H,27,30). The van der Waals surface area contributed by atoms with E-state index in [9.17, 15) is 0 Å². The van der Waals surface area contributed by atoms with Crippen LogP contribution in [-0.4, -0.2) is 14.0 Å². The van der Waals surface area contributed by atoms with Crippen molar-refractivity contribution in [2.45, 2.75) is 25.8 Å². The van der Waals surface area contributed by atoms with Gasteiger partial charge in [0.05, 0.1) is 11.4 Å². The second kappa shape index (κ2) is 7.89. The van der Waals surface area contributed by atoms with Crippen LogP contribution in [0.3, 0.4) is 0 Å². The molecule has 1 aliphatic heterocycles. The van der Waals surface area contributed by atoms with Crippen molar-refractivity contribution >= 4 is 38.8 Å². The van der Waals surface area contributed by atoms with Crippen LogP contribution in [0.25, 0.3) is 28.0 Å². The Labute approximate surface area is 190 Å². The highest BCUT2D eigenvalue weighted by atomic mass is 79.9. The van der Waals surface area contributed by atoms with E-state index in [1.165, 1.54) is 46.4 Å². The number of aromatic nitrogens is 2. The molecule has 30 heavy (non-hydrogen) atoms. The van der Waals surface area contributed by atoms with Crippen LogP contribution < -0.4 is 5.32 Å². The van der Waals surface area contributed by atoms with Crippen LogP contribution in [0, 0.1) is 0 Å². The molecule has 3 nitrogen and oxygen atoms in total. The molecule has 0 bridgehead atoms. The molecule has 0 unspecified atom stereocenters. The fourth-order valence-electron chi connectivity index (χ4n) is 4.54. The summed E-state index contributed by atoms with van der Waals surface area (Å²) < 4.78 is 5.84. The summed E-state index contributed by atoms with van der Waals surface area (Å²) in [6, 6.07) is 19.1. The fraction of sp³-hybridized carbons (Fsp3) is 0.160. The highest BCUT2D eigenvalue weighted by Crippen LogP contribution is 2.39. The van der Waals surface area contributed by atoms with Gasteiger partial charge in [0, 0.05) is 28.3 Å². The number of halogens is 1. The van der Waals surface area contributed by atoms with Crippen LogP contribution in [0.1, 0.15) is 24.1 Å². The molecular weight excluding hydrogens is 454 g/mol. The lowest BCUT2D eigenvalue weighted by molar-refractivity contribution is 0.647.